The number of carbonyl (C=O) groups excluding carboxylic acids is 1. The smallest absolute Gasteiger partial charge is 0.241 e. The highest BCUT2D eigenvalue weighted by Crippen LogP contribution is 2.14. The molecule has 3 nitrogen and oxygen atoms in total. The van der Waals surface area contributed by atoms with E-state index in [-0.39, 0.29) is 30.0 Å². The Morgan fingerprint density at radius 3 is 2.31 bits per heavy atom. The van der Waals surface area contributed by atoms with E-state index in [0.29, 0.717) is 0 Å². The number of nitrogens with one attached hydrogen (secondary N) is 2. The summed E-state index contributed by atoms with van der Waals surface area (Å²) in [5.74, 6) is -1.66. The molecule has 1 fully saturated rings. The lowest BCUT2D eigenvalue weighted by Crippen LogP contribution is -2.50. The fraction of sp³-hybridized carbons (Fsp3) is 0.300. The standard InChI is InChI=1S/C10H10F2N2O.ClH/c11-6-3-7(12)5-8(4-6)14-10(15)9-1-2-13-9;/h3-5,9,13H,1-2H2,(H,14,15);1H/t9-;/m1./s1. The predicted molar refractivity (Wildman–Crippen MR) is 58.6 cm³/mol. The maximum atomic E-state index is 12.8. The van der Waals surface area contributed by atoms with Crippen LogP contribution in [-0.4, -0.2) is 18.5 Å². The van der Waals surface area contributed by atoms with Gasteiger partial charge in [-0.2, -0.15) is 0 Å². The van der Waals surface area contributed by atoms with Gasteiger partial charge < -0.3 is 10.6 Å². The third-order valence-electron chi connectivity index (χ3n) is 2.27. The van der Waals surface area contributed by atoms with E-state index in [4.69, 9.17) is 0 Å². The van der Waals surface area contributed by atoms with Crippen LogP contribution in [0.4, 0.5) is 14.5 Å². The van der Waals surface area contributed by atoms with Crippen molar-refractivity contribution in [3.05, 3.63) is 29.8 Å². The molecule has 1 atom stereocenters. The van der Waals surface area contributed by atoms with Gasteiger partial charge in [-0.05, 0) is 25.1 Å². The third kappa shape index (κ3) is 2.90. The average molecular weight is 249 g/mol. The normalized spacial score (nSPS) is 18.2. The van der Waals surface area contributed by atoms with Crippen LogP contribution in [0.15, 0.2) is 18.2 Å². The van der Waals surface area contributed by atoms with Crippen molar-refractivity contribution in [3.8, 4) is 0 Å². The van der Waals surface area contributed by atoms with Crippen molar-refractivity contribution in [1.29, 1.82) is 0 Å². The van der Waals surface area contributed by atoms with Gasteiger partial charge in [0.15, 0.2) is 0 Å². The number of hydrogen-bond acceptors (Lipinski definition) is 2. The SMILES string of the molecule is Cl.O=C(Nc1cc(F)cc(F)c1)[C@H]1CCN1. The molecule has 0 bridgehead atoms. The van der Waals surface area contributed by atoms with Crippen molar-refractivity contribution in [2.24, 2.45) is 0 Å². The van der Waals surface area contributed by atoms with E-state index >= 15 is 0 Å². The largest absolute Gasteiger partial charge is 0.325 e. The lowest BCUT2D eigenvalue weighted by atomic mass is 10.1. The monoisotopic (exact) mass is 248 g/mol. The second kappa shape index (κ2) is 5.23. The van der Waals surface area contributed by atoms with Crippen molar-refractivity contribution in [2.45, 2.75) is 12.5 Å². The average Bonchev–Trinajstić information content (AvgIpc) is 1.96. The van der Waals surface area contributed by atoms with Crippen molar-refractivity contribution in [1.82, 2.24) is 5.32 Å². The molecule has 1 amide bonds. The highest BCUT2D eigenvalue weighted by Gasteiger charge is 2.24. The lowest BCUT2D eigenvalue weighted by molar-refractivity contribution is -0.119. The van der Waals surface area contributed by atoms with Crippen LogP contribution < -0.4 is 10.6 Å². The molecule has 16 heavy (non-hydrogen) atoms. The van der Waals surface area contributed by atoms with Crippen molar-refractivity contribution < 1.29 is 13.6 Å². The zero-order valence-corrected chi connectivity index (χ0v) is 9.11. The van der Waals surface area contributed by atoms with E-state index < -0.39 is 11.6 Å². The summed E-state index contributed by atoms with van der Waals surface area (Å²) < 4.78 is 25.5. The molecule has 1 aliphatic heterocycles. The second-order valence-corrected chi connectivity index (χ2v) is 3.44. The van der Waals surface area contributed by atoms with E-state index in [1.807, 2.05) is 0 Å². The number of benzene rings is 1. The first kappa shape index (κ1) is 12.9. The van der Waals surface area contributed by atoms with Gasteiger partial charge in [-0.15, -0.1) is 12.4 Å². The Balaban J connectivity index is 0.00000128. The van der Waals surface area contributed by atoms with Crippen molar-refractivity contribution in [2.75, 3.05) is 11.9 Å². The molecule has 0 unspecified atom stereocenters. The van der Waals surface area contributed by atoms with Gasteiger partial charge in [-0.25, -0.2) is 8.78 Å². The fourth-order valence-corrected chi connectivity index (χ4v) is 1.37. The minimum Gasteiger partial charge on any atom is -0.325 e. The van der Waals surface area contributed by atoms with Crippen molar-refractivity contribution in [3.63, 3.8) is 0 Å². The minimum absolute atomic E-state index is 0. The van der Waals surface area contributed by atoms with Crippen molar-refractivity contribution >= 4 is 24.0 Å². The highest BCUT2D eigenvalue weighted by atomic mass is 35.5. The molecule has 0 radical (unpaired) electrons. The number of carbonyl (C=O) groups is 1. The van der Waals surface area contributed by atoms with Crippen LogP contribution in [0.25, 0.3) is 0 Å². The molecule has 1 aliphatic rings. The van der Waals surface area contributed by atoms with Crippen LogP contribution in [0, 0.1) is 11.6 Å². The molecule has 0 aliphatic carbocycles. The Morgan fingerprint density at radius 1 is 1.31 bits per heavy atom. The summed E-state index contributed by atoms with van der Waals surface area (Å²) in [6, 6.07) is 2.69. The molecule has 0 spiro atoms. The third-order valence-corrected chi connectivity index (χ3v) is 2.27. The molecule has 1 saturated heterocycles. The first-order valence-electron chi connectivity index (χ1n) is 4.65. The number of halogens is 3. The van der Waals surface area contributed by atoms with Gasteiger partial charge >= 0.3 is 0 Å². The molecule has 1 heterocycles. The lowest BCUT2D eigenvalue weighted by Gasteiger charge is -2.26. The molecule has 0 aromatic heterocycles. The summed E-state index contributed by atoms with van der Waals surface area (Å²) in [4.78, 5) is 11.4. The number of amides is 1. The van der Waals surface area contributed by atoms with Crippen LogP contribution in [0.2, 0.25) is 0 Å². The Bertz CT molecular complexity index is 376. The summed E-state index contributed by atoms with van der Waals surface area (Å²) in [6.45, 7) is 0.801. The second-order valence-electron chi connectivity index (χ2n) is 3.44. The zero-order valence-electron chi connectivity index (χ0n) is 8.30. The summed E-state index contributed by atoms with van der Waals surface area (Å²) in [5, 5.41) is 5.34. The molecular weight excluding hydrogens is 238 g/mol. The first-order valence-corrected chi connectivity index (χ1v) is 4.65. The van der Waals surface area contributed by atoms with E-state index in [2.05, 4.69) is 10.6 Å². The summed E-state index contributed by atoms with van der Waals surface area (Å²) in [7, 11) is 0. The summed E-state index contributed by atoms with van der Waals surface area (Å²) >= 11 is 0. The minimum atomic E-state index is -0.702. The molecule has 1 aromatic carbocycles. The van der Waals surface area contributed by atoms with Gasteiger partial charge in [0.2, 0.25) is 5.91 Å². The van der Waals surface area contributed by atoms with Gasteiger partial charge in [0.25, 0.3) is 0 Å². The topological polar surface area (TPSA) is 41.1 Å². The van der Waals surface area contributed by atoms with Gasteiger partial charge in [0.05, 0.1) is 6.04 Å². The highest BCUT2D eigenvalue weighted by molar-refractivity contribution is 5.95. The quantitative estimate of drug-likeness (QED) is 0.836. The van der Waals surface area contributed by atoms with E-state index in [1.54, 1.807) is 0 Å². The van der Waals surface area contributed by atoms with Crippen LogP contribution >= 0.6 is 12.4 Å². The van der Waals surface area contributed by atoms with E-state index in [1.165, 1.54) is 0 Å². The Labute approximate surface area is 97.6 Å². The predicted octanol–water partition coefficient (Wildman–Crippen LogP) is 1.69. The summed E-state index contributed by atoms with van der Waals surface area (Å²) in [6.07, 6.45) is 0.754. The number of rotatable bonds is 2. The van der Waals surface area contributed by atoms with Crippen LogP contribution in [-0.2, 0) is 4.79 Å². The van der Waals surface area contributed by atoms with Gasteiger partial charge in [-0.1, -0.05) is 0 Å². The first-order chi connectivity index (χ1) is 7.15. The van der Waals surface area contributed by atoms with E-state index in [0.717, 1.165) is 31.2 Å². The fourth-order valence-electron chi connectivity index (χ4n) is 1.37. The Morgan fingerprint density at radius 2 is 1.88 bits per heavy atom. The Kier molecular flexibility index (Phi) is 4.20. The van der Waals surface area contributed by atoms with E-state index in [9.17, 15) is 13.6 Å². The summed E-state index contributed by atoms with van der Waals surface area (Å²) in [5.41, 5.74) is 0.145. The Hall–Kier alpha value is -1.20. The maximum absolute atomic E-state index is 12.8. The number of anilines is 1. The number of hydrogen-bond donors (Lipinski definition) is 2. The van der Waals surface area contributed by atoms with Gasteiger partial charge in [-0.3, -0.25) is 4.79 Å². The molecule has 0 saturated carbocycles. The molecule has 2 N–H and O–H groups in total. The molecular formula is C10H11ClF2N2O. The van der Waals surface area contributed by atoms with Gasteiger partial charge in [0.1, 0.15) is 11.6 Å². The maximum Gasteiger partial charge on any atom is 0.241 e. The molecule has 2 rings (SSSR count). The molecule has 1 aromatic rings. The molecule has 88 valence electrons. The zero-order chi connectivity index (χ0) is 10.8. The van der Waals surface area contributed by atoms with Crippen LogP contribution in [0.5, 0.6) is 0 Å². The van der Waals surface area contributed by atoms with Crippen LogP contribution in [0.1, 0.15) is 6.42 Å². The molecule has 6 heteroatoms. The van der Waals surface area contributed by atoms with Crippen LogP contribution in [0.3, 0.4) is 0 Å². The van der Waals surface area contributed by atoms with Gasteiger partial charge in [0, 0.05) is 11.8 Å².